The van der Waals surface area contributed by atoms with Gasteiger partial charge in [0.1, 0.15) is 18.1 Å². The first-order chi connectivity index (χ1) is 18.0. The highest BCUT2D eigenvalue weighted by atomic mass is 32.2. The van der Waals surface area contributed by atoms with Gasteiger partial charge in [0.2, 0.25) is 23.5 Å². The number of carboxylic acids is 1. The van der Waals surface area contributed by atoms with E-state index in [0.717, 1.165) is 23.9 Å². The van der Waals surface area contributed by atoms with E-state index in [1.807, 2.05) is 0 Å². The van der Waals surface area contributed by atoms with Crippen LogP contribution in [0.1, 0.15) is 48.9 Å². The Labute approximate surface area is 220 Å². The van der Waals surface area contributed by atoms with E-state index in [1.54, 1.807) is 0 Å². The third-order valence-corrected chi connectivity index (χ3v) is 6.77. The maximum Gasteiger partial charge on any atom is 0.305 e. The van der Waals surface area contributed by atoms with Gasteiger partial charge in [-0.15, -0.1) is 11.8 Å². The first-order valence-electron chi connectivity index (χ1n) is 11.7. The van der Waals surface area contributed by atoms with Crippen molar-refractivity contribution in [3.05, 3.63) is 33.6 Å². The lowest BCUT2D eigenvalue weighted by Gasteiger charge is -2.25. The van der Waals surface area contributed by atoms with Crippen molar-refractivity contribution in [2.45, 2.75) is 61.5 Å². The number of nitro groups is 1. The van der Waals surface area contributed by atoms with Gasteiger partial charge in [-0.1, -0.05) is 0 Å². The number of primary amides is 1. The minimum absolute atomic E-state index is 0.0316. The lowest BCUT2D eigenvalue weighted by atomic mass is 10.0. The summed E-state index contributed by atoms with van der Waals surface area (Å²) in [6.07, 6.45) is 0.0243. The molecule has 38 heavy (non-hydrogen) atoms. The molecule has 3 atom stereocenters. The predicted molar refractivity (Wildman–Crippen MR) is 132 cm³/mol. The van der Waals surface area contributed by atoms with Gasteiger partial charge in [-0.05, 0) is 44.7 Å². The maximum absolute atomic E-state index is 15.1. The van der Waals surface area contributed by atoms with Gasteiger partial charge >= 0.3 is 11.7 Å². The molecule has 2 rings (SSSR count). The monoisotopic (exact) mass is 556 g/mol. The lowest BCUT2D eigenvalue weighted by Crippen LogP contribution is -2.56. The molecule has 4 amide bonds. The average molecular weight is 557 g/mol. The summed E-state index contributed by atoms with van der Waals surface area (Å²) in [5, 5.41) is 27.5. The van der Waals surface area contributed by atoms with Crippen LogP contribution in [0.25, 0.3) is 0 Å². The van der Waals surface area contributed by atoms with Crippen molar-refractivity contribution in [1.82, 2.24) is 16.0 Å². The molecule has 0 unspecified atom stereocenters. The number of carbonyl (C=O) groups is 5. The van der Waals surface area contributed by atoms with Crippen molar-refractivity contribution in [3.8, 4) is 0 Å². The molecule has 208 valence electrons. The number of halogens is 1. The smallest absolute Gasteiger partial charge is 0.305 e. The zero-order valence-corrected chi connectivity index (χ0v) is 21.1. The highest BCUT2D eigenvalue weighted by molar-refractivity contribution is 7.99. The summed E-state index contributed by atoms with van der Waals surface area (Å²) >= 11 is 0.881. The van der Waals surface area contributed by atoms with Gasteiger partial charge in [-0.2, -0.15) is 4.39 Å². The van der Waals surface area contributed by atoms with Gasteiger partial charge in [-0.3, -0.25) is 34.1 Å². The molecule has 0 aliphatic carbocycles. The Balaban J connectivity index is 2.54. The highest BCUT2D eigenvalue weighted by Gasteiger charge is 2.33. The quantitative estimate of drug-likeness (QED) is 0.133. The van der Waals surface area contributed by atoms with Crippen LogP contribution in [0.4, 0.5) is 10.1 Å². The second-order valence-corrected chi connectivity index (χ2v) is 9.57. The summed E-state index contributed by atoms with van der Waals surface area (Å²) in [4.78, 5) is 72.5. The Kier molecular flexibility index (Phi) is 11.4. The van der Waals surface area contributed by atoms with Crippen LogP contribution in [-0.2, 0) is 19.2 Å². The summed E-state index contributed by atoms with van der Waals surface area (Å²) in [6.45, 7) is 0.317. The molecule has 1 aromatic carbocycles. The fourth-order valence-electron chi connectivity index (χ4n) is 3.67. The van der Waals surface area contributed by atoms with Crippen molar-refractivity contribution in [1.29, 1.82) is 0 Å². The molecule has 14 nitrogen and oxygen atoms in total. The largest absolute Gasteiger partial charge is 0.481 e. The summed E-state index contributed by atoms with van der Waals surface area (Å²) in [6, 6.07) is -1.87. The molecule has 0 radical (unpaired) electrons. The summed E-state index contributed by atoms with van der Waals surface area (Å²) in [7, 11) is 0. The average Bonchev–Trinajstić information content (AvgIpc) is 2.84. The van der Waals surface area contributed by atoms with Crippen LogP contribution in [0.5, 0.6) is 0 Å². The molecule has 0 saturated heterocycles. The van der Waals surface area contributed by atoms with E-state index in [0.29, 0.717) is 19.4 Å². The zero-order chi connectivity index (χ0) is 28.4. The van der Waals surface area contributed by atoms with E-state index in [9.17, 15) is 34.1 Å². The number of nitrogens with two attached hydrogens (primary N) is 2. The first-order valence-corrected chi connectivity index (χ1v) is 12.7. The number of benzene rings is 1. The molecule has 0 saturated carbocycles. The number of amides is 4. The second kappa shape index (κ2) is 14.2. The molecular formula is C22H29FN6O8S. The zero-order valence-electron chi connectivity index (χ0n) is 20.2. The van der Waals surface area contributed by atoms with Crippen molar-refractivity contribution < 1.29 is 38.4 Å². The van der Waals surface area contributed by atoms with Crippen LogP contribution in [0, 0.1) is 15.9 Å². The van der Waals surface area contributed by atoms with Gasteiger partial charge in [-0.25, -0.2) is 0 Å². The molecule has 0 fully saturated rings. The third kappa shape index (κ3) is 8.37. The van der Waals surface area contributed by atoms with Crippen molar-refractivity contribution in [2.24, 2.45) is 11.5 Å². The number of nitrogens with one attached hydrogen (secondary N) is 3. The summed E-state index contributed by atoms with van der Waals surface area (Å²) in [5.41, 5.74) is 9.23. The second-order valence-electron chi connectivity index (χ2n) is 8.43. The van der Waals surface area contributed by atoms with Gasteiger partial charge in [0.05, 0.1) is 10.5 Å². The van der Waals surface area contributed by atoms with Crippen molar-refractivity contribution >= 4 is 47.0 Å². The lowest BCUT2D eigenvalue weighted by molar-refractivity contribution is -0.387. The van der Waals surface area contributed by atoms with Gasteiger partial charge in [0.25, 0.3) is 5.91 Å². The molecule has 8 N–H and O–H groups in total. The number of carbonyl (C=O) groups excluding carboxylic acids is 4. The van der Waals surface area contributed by atoms with E-state index in [4.69, 9.17) is 16.6 Å². The van der Waals surface area contributed by atoms with Crippen LogP contribution < -0.4 is 27.4 Å². The number of rotatable bonds is 9. The fraction of sp³-hybridized carbons (Fsp3) is 0.500. The minimum Gasteiger partial charge on any atom is -0.481 e. The molecule has 1 aromatic rings. The van der Waals surface area contributed by atoms with Crippen LogP contribution in [0.15, 0.2) is 17.0 Å². The van der Waals surface area contributed by atoms with Gasteiger partial charge in [0, 0.05) is 23.1 Å². The van der Waals surface area contributed by atoms with Crippen LogP contribution in [0.3, 0.4) is 0 Å². The predicted octanol–water partition coefficient (Wildman–Crippen LogP) is -0.223. The molecule has 0 bridgehead atoms. The van der Waals surface area contributed by atoms with Crippen molar-refractivity contribution in [2.75, 3.05) is 12.3 Å². The minimum atomic E-state index is -1.53. The topological polar surface area (TPSA) is 237 Å². The third-order valence-electron chi connectivity index (χ3n) is 5.68. The number of nitro benzene ring substituents is 1. The molecule has 16 heteroatoms. The normalized spacial score (nSPS) is 20.8. The van der Waals surface area contributed by atoms with E-state index in [-0.39, 0.29) is 23.5 Å². The van der Waals surface area contributed by atoms with Crippen LogP contribution >= 0.6 is 11.8 Å². The molecule has 1 aliphatic heterocycles. The Morgan fingerprint density at radius 3 is 2.37 bits per heavy atom. The number of unbranched alkanes of at least 4 members (excludes halogenated alkanes) is 1. The standard InChI is InChI=1S/C22H29FN6O8S/c23-18-14(29(36)37)5-6-15-17(18)22(35)28-13(4-7-16(30)31)21(34)27-12(3-1-2-9-24)20(33)26-11(19(25)32)8-10-38-15/h5-6,11-13H,1-4,7-10,24H2,(H2,25,32)(H,26,33)(H,27,34)(H,28,35)(H,30,31)/t11-,12-,13-/m0/s1. The Morgan fingerprint density at radius 2 is 1.76 bits per heavy atom. The van der Waals surface area contributed by atoms with E-state index >= 15 is 4.39 Å². The Morgan fingerprint density at radius 1 is 1.11 bits per heavy atom. The summed E-state index contributed by atoms with van der Waals surface area (Å²) < 4.78 is 15.1. The number of carboxylic acid groups (broad SMARTS) is 1. The number of hydrogen-bond acceptors (Lipinski definition) is 9. The van der Waals surface area contributed by atoms with E-state index in [1.165, 1.54) is 0 Å². The first kappa shape index (κ1) is 30.4. The molecule has 0 aromatic heterocycles. The van der Waals surface area contributed by atoms with Crippen LogP contribution in [-0.4, -0.2) is 70.1 Å². The number of nitrogens with zero attached hydrogens (tertiary/aromatic N) is 1. The number of aliphatic carboxylic acids is 1. The van der Waals surface area contributed by atoms with Gasteiger partial charge < -0.3 is 32.5 Å². The Hall–Kier alpha value is -3.79. The molecule has 1 aliphatic rings. The number of fused-ring (bicyclic) bond motifs is 1. The Bertz CT molecular complexity index is 1100. The maximum atomic E-state index is 15.1. The van der Waals surface area contributed by atoms with E-state index < -0.39 is 82.6 Å². The fourth-order valence-corrected chi connectivity index (χ4v) is 4.73. The van der Waals surface area contributed by atoms with E-state index in [2.05, 4.69) is 16.0 Å². The molecule has 1 heterocycles. The number of hydrogen-bond donors (Lipinski definition) is 6. The SMILES string of the molecule is NCCCC[C@@H]1NC(=O)[C@H](CCC(=O)O)NC(=O)c2c(ccc([N+](=O)[O-])c2F)SCC[C@@H](C(N)=O)NC1=O. The molecular weight excluding hydrogens is 527 g/mol. The highest BCUT2D eigenvalue weighted by Crippen LogP contribution is 2.31. The summed E-state index contributed by atoms with van der Waals surface area (Å²) in [5.74, 6) is -6.39. The van der Waals surface area contributed by atoms with Gasteiger partial charge in [0.15, 0.2) is 0 Å². The molecule has 0 spiro atoms. The van der Waals surface area contributed by atoms with Crippen LogP contribution in [0.2, 0.25) is 0 Å². The van der Waals surface area contributed by atoms with Crippen molar-refractivity contribution in [3.63, 3.8) is 0 Å². The number of thioether (sulfide) groups is 1.